The van der Waals surface area contributed by atoms with Crippen molar-refractivity contribution in [3.8, 4) is 11.8 Å². The van der Waals surface area contributed by atoms with Crippen molar-refractivity contribution >= 4 is 47.0 Å². The number of para-hydroxylation sites is 1. The predicted octanol–water partition coefficient (Wildman–Crippen LogP) is 3.74. The van der Waals surface area contributed by atoms with E-state index >= 15 is 0 Å². The molecule has 0 saturated carbocycles. The summed E-state index contributed by atoms with van der Waals surface area (Å²) in [4.78, 5) is 76.2. The molecule has 0 unspecified atom stereocenters. The first-order chi connectivity index (χ1) is 31.5. The van der Waals surface area contributed by atoms with E-state index in [2.05, 4.69) is 38.4 Å². The molecule has 1 atom stereocenters. The standard InChI is InChI=1S/C48H60N6O11/c1-4-35(2)31-51-48(60)65-34-37-13-17-41(18-14-37)53-47(59)36(3)52-45(57)32-50-44(56)21-24-62-26-28-64-30-29-63-27-25-61-23-20-43(55)49-22-19-46(58)54-33-40-11-6-5-9-38(40)15-16-39-10-7-8-12-42(39)54/h4-14,17-18,36H,19-34H2,1-3H3,(H,49,55)(H,50,56)(H,51,60)(H,52,57)(H,53,59)/b35-4+/t36-/m0/s1. The SMILES string of the molecule is C/C=C(\C)CNC(=O)OCc1ccc(NC(=O)[C@H](C)NC(=O)CNC(=O)CCOCCOCCOCCOCCC(=O)NCCC(=O)N2Cc3ccccc3C#Cc3ccccc32)cc1. The van der Waals surface area contributed by atoms with E-state index in [1.807, 2.05) is 68.5 Å². The first-order valence-corrected chi connectivity index (χ1v) is 21.6. The van der Waals surface area contributed by atoms with E-state index in [0.717, 1.165) is 33.5 Å². The monoisotopic (exact) mass is 896 g/mol. The summed E-state index contributed by atoms with van der Waals surface area (Å²) in [5.41, 5.74) is 5.62. The van der Waals surface area contributed by atoms with Gasteiger partial charge in [0.15, 0.2) is 0 Å². The first kappa shape index (κ1) is 51.1. The molecule has 348 valence electrons. The summed E-state index contributed by atoms with van der Waals surface area (Å²) in [6.07, 6.45) is 1.70. The van der Waals surface area contributed by atoms with Gasteiger partial charge in [-0.1, -0.05) is 66.0 Å². The lowest BCUT2D eigenvalue weighted by molar-refractivity contribution is -0.128. The van der Waals surface area contributed by atoms with Crippen LogP contribution < -0.4 is 31.5 Å². The van der Waals surface area contributed by atoms with Crippen LogP contribution in [0.3, 0.4) is 0 Å². The van der Waals surface area contributed by atoms with Crippen molar-refractivity contribution in [1.29, 1.82) is 0 Å². The number of carbonyl (C=O) groups is 6. The smallest absolute Gasteiger partial charge is 0.407 e. The van der Waals surface area contributed by atoms with E-state index < -0.39 is 23.9 Å². The molecule has 17 heteroatoms. The average molecular weight is 897 g/mol. The van der Waals surface area contributed by atoms with Crippen LogP contribution in [0.1, 0.15) is 62.3 Å². The summed E-state index contributed by atoms with van der Waals surface area (Å²) in [5, 5.41) is 13.2. The van der Waals surface area contributed by atoms with Crippen LogP contribution >= 0.6 is 0 Å². The number of alkyl carbamates (subject to hydrolysis) is 1. The van der Waals surface area contributed by atoms with Crippen LogP contribution in [0.2, 0.25) is 0 Å². The molecule has 1 heterocycles. The molecule has 4 rings (SSSR count). The van der Waals surface area contributed by atoms with E-state index in [4.69, 9.17) is 23.7 Å². The van der Waals surface area contributed by atoms with Crippen LogP contribution in [0.15, 0.2) is 84.4 Å². The van der Waals surface area contributed by atoms with Gasteiger partial charge in [0.1, 0.15) is 12.6 Å². The molecular formula is C48H60N6O11. The van der Waals surface area contributed by atoms with Crippen molar-refractivity contribution < 1.29 is 52.5 Å². The fraction of sp³-hybridized carbons (Fsp3) is 0.417. The highest BCUT2D eigenvalue weighted by Gasteiger charge is 2.21. The number of ether oxygens (including phenoxy) is 5. The quantitative estimate of drug-likeness (QED) is 0.0423. The molecule has 65 heavy (non-hydrogen) atoms. The van der Waals surface area contributed by atoms with Crippen molar-refractivity contribution in [2.75, 3.05) is 82.7 Å². The van der Waals surface area contributed by atoms with Crippen LogP contribution in [0.5, 0.6) is 0 Å². The molecule has 0 radical (unpaired) electrons. The van der Waals surface area contributed by atoms with E-state index in [1.165, 1.54) is 6.92 Å². The second-order valence-corrected chi connectivity index (χ2v) is 14.8. The highest BCUT2D eigenvalue weighted by atomic mass is 16.6. The van der Waals surface area contributed by atoms with Crippen LogP contribution in [0.4, 0.5) is 16.2 Å². The lowest BCUT2D eigenvalue weighted by Crippen LogP contribution is -2.46. The van der Waals surface area contributed by atoms with Gasteiger partial charge in [-0.3, -0.25) is 24.0 Å². The molecule has 17 nitrogen and oxygen atoms in total. The minimum Gasteiger partial charge on any atom is -0.445 e. The molecule has 0 aliphatic carbocycles. The van der Waals surface area contributed by atoms with Gasteiger partial charge in [0, 0.05) is 49.2 Å². The zero-order valence-electron chi connectivity index (χ0n) is 37.3. The fourth-order valence-corrected chi connectivity index (χ4v) is 5.90. The number of allylic oxidation sites excluding steroid dienone is 1. The lowest BCUT2D eigenvalue weighted by atomic mass is 10.0. The number of nitrogens with zero attached hydrogens (tertiary/aromatic N) is 1. The first-order valence-electron chi connectivity index (χ1n) is 21.6. The minimum atomic E-state index is -0.868. The highest BCUT2D eigenvalue weighted by Crippen LogP contribution is 2.26. The maximum atomic E-state index is 13.3. The summed E-state index contributed by atoms with van der Waals surface area (Å²) < 4.78 is 27.1. The third-order valence-corrected chi connectivity index (χ3v) is 9.71. The Hall–Kier alpha value is -6.58. The Morgan fingerprint density at radius 1 is 0.677 bits per heavy atom. The number of fused-ring (bicyclic) bond motifs is 2. The zero-order chi connectivity index (χ0) is 46.7. The molecule has 1 aliphatic rings. The van der Waals surface area contributed by atoms with Gasteiger partial charge in [-0.05, 0) is 62.2 Å². The maximum absolute atomic E-state index is 13.3. The van der Waals surface area contributed by atoms with Gasteiger partial charge in [0.25, 0.3) is 0 Å². The Labute approximate surface area is 380 Å². The molecule has 0 aromatic heterocycles. The number of hydrogen-bond acceptors (Lipinski definition) is 11. The second kappa shape index (κ2) is 29.0. The normalized spacial score (nSPS) is 12.2. The Kier molecular flexibility index (Phi) is 22.8. The van der Waals surface area contributed by atoms with Crippen molar-refractivity contribution in [2.45, 2.75) is 59.2 Å². The summed E-state index contributed by atoms with van der Waals surface area (Å²) >= 11 is 0. The molecule has 0 bridgehead atoms. The molecule has 1 aliphatic heterocycles. The van der Waals surface area contributed by atoms with Gasteiger partial charge in [0.2, 0.25) is 29.5 Å². The summed E-state index contributed by atoms with van der Waals surface area (Å²) in [5.74, 6) is 4.71. The number of rotatable bonds is 27. The average Bonchev–Trinajstić information content (AvgIpc) is 3.30. The van der Waals surface area contributed by atoms with Crippen LogP contribution in [-0.2, 0) is 60.8 Å². The lowest BCUT2D eigenvalue weighted by Gasteiger charge is -2.26. The van der Waals surface area contributed by atoms with E-state index in [1.54, 1.807) is 29.2 Å². The summed E-state index contributed by atoms with van der Waals surface area (Å²) in [6.45, 7) is 8.29. The van der Waals surface area contributed by atoms with Crippen molar-refractivity contribution in [3.63, 3.8) is 0 Å². The van der Waals surface area contributed by atoms with Crippen molar-refractivity contribution in [1.82, 2.24) is 21.3 Å². The Morgan fingerprint density at radius 2 is 1.26 bits per heavy atom. The Morgan fingerprint density at radius 3 is 1.92 bits per heavy atom. The maximum Gasteiger partial charge on any atom is 0.407 e. The van der Waals surface area contributed by atoms with Gasteiger partial charge < -0.3 is 55.2 Å². The van der Waals surface area contributed by atoms with Gasteiger partial charge >= 0.3 is 6.09 Å². The van der Waals surface area contributed by atoms with Crippen LogP contribution in [-0.4, -0.2) is 114 Å². The van der Waals surface area contributed by atoms with E-state index in [0.29, 0.717) is 51.8 Å². The van der Waals surface area contributed by atoms with E-state index in [-0.39, 0.29) is 76.5 Å². The minimum absolute atomic E-state index is 0.0374. The van der Waals surface area contributed by atoms with Crippen LogP contribution in [0.25, 0.3) is 0 Å². The third kappa shape index (κ3) is 19.8. The molecule has 3 aromatic carbocycles. The molecule has 3 aromatic rings. The molecule has 6 amide bonds. The number of carbonyl (C=O) groups excluding carboxylic acids is 6. The largest absolute Gasteiger partial charge is 0.445 e. The number of nitrogens with one attached hydrogen (secondary N) is 5. The third-order valence-electron chi connectivity index (χ3n) is 9.71. The summed E-state index contributed by atoms with van der Waals surface area (Å²) in [7, 11) is 0. The highest BCUT2D eigenvalue weighted by molar-refractivity contribution is 5.97. The molecule has 0 saturated heterocycles. The van der Waals surface area contributed by atoms with E-state index in [9.17, 15) is 28.8 Å². The zero-order valence-corrected chi connectivity index (χ0v) is 37.3. The second-order valence-electron chi connectivity index (χ2n) is 14.8. The van der Waals surface area contributed by atoms with Gasteiger partial charge in [-0.2, -0.15) is 0 Å². The molecule has 0 fully saturated rings. The Bertz CT molecular complexity index is 2130. The van der Waals surface area contributed by atoms with Gasteiger partial charge in [-0.25, -0.2) is 4.79 Å². The molecule has 5 N–H and O–H groups in total. The topological polar surface area (TPSA) is 212 Å². The number of amides is 6. The van der Waals surface area contributed by atoms with Gasteiger partial charge in [0.05, 0.1) is 71.6 Å². The summed E-state index contributed by atoms with van der Waals surface area (Å²) in [6, 6.07) is 21.2. The number of hydrogen-bond donors (Lipinski definition) is 5. The Balaban J connectivity index is 0.925. The predicted molar refractivity (Wildman–Crippen MR) is 243 cm³/mol. The molecular weight excluding hydrogens is 837 g/mol. The van der Waals surface area contributed by atoms with Gasteiger partial charge in [-0.15, -0.1) is 0 Å². The van der Waals surface area contributed by atoms with Crippen molar-refractivity contribution in [2.24, 2.45) is 0 Å². The van der Waals surface area contributed by atoms with Crippen LogP contribution in [0, 0.1) is 11.8 Å². The van der Waals surface area contributed by atoms with Crippen molar-refractivity contribution in [3.05, 3.63) is 107 Å². The number of benzene rings is 3. The molecule has 0 spiro atoms. The number of anilines is 2. The fourth-order valence-electron chi connectivity index (χ4n) is 5.90.